The molecule has 0 saturated carbocycles. The summed E-state index contributed by atoms with van der Waals surface area (Å²) < 4.78 is 0. The summed E-state index contributed by atoms with van der Waals surface area (Å²) in [6.45, 7) is 7.50. The highest BCUT2D eigenvalue weighted by Gasteiger charge is 2.29. The van der Waals surface area contributed by atoms with E-state index in [2.05, 4.69) is 5.43 Å². The number of nitrogens with two attached hydrogens (primary N) is 1. The maximum Gasteiger partial charge on any atom is 0.272 e. The number of hydrazine groups is 1. The first-order valence-electron chi connectivity index (χ1n) is 7.76. The number of nitrogens with zero attached hydrogens (tertiary/aromatic N) is 1. The van der Waals surface area contributed by atoms with Crippen molar-refractivity contribution in [1.82, 2.24) is 10.4 Å². The number of nitrogen functional groups attached to an aromatic ring is 1. The fourth-order valence-electron chi connectivity index (χ4n) is 2.28. The largest absolute Gasteiger partial charge is 0.399 e. The number of aryl methyl sites for hydroxylation is 1. The van der Waals surface area contributed by atoms with Crippen molar-refractivity contribution in [3.05, 3.63) is 65.2 Å². The Morgan fingerprint density at radius 3 is 2.21 bits per heavy atom. The summed E-state index contributed by atoms with van der Waals surface area (Å²) in [4.78, 5) is 25.4. The van der Waals surface area contributed by atoms with Crippen LogP contribution in [0.5, 0.6) is 0 Å². The molecule has 5 heteroatoms. The van der Waals surface area contributed by atoms with E-state index in [1.165, 1.54) is 5.01 Å². The Hall–Kier alpha value is -2.82. The van der Waals surface area contributed by atoms with E-state index in [1.54, 1.807) is 36.4 Å². The quantitative estimate of drug-likeness (QED) is 0.658. The molecule has 0 radical (unpaired) electrons. The summed E-state index contributed by atoms with van der Waals surface area (Å²) in [5, 5.41) is 1.35. The Bertz CT molecular complexity index is 763. The number of nitrogens with one attached hydrogen (secondary N) is 1. The van der Waals surface area contributed by atoms with Crippen LogP contribution in [0.1, 0.15) is 47.1 Å². The van der Waals surface area contributed by atoms with Crippen LogP contribution in [-0.2, 0) is 0 Å². The second-order valence-electron chi connectivity index (χ2n) is 6.75. The maximum atomic E-state index is 12.9. The predicted octanol–water partition coefficient (Wildman–Crippen LogP) is 3.16. The molecule has 5 nitrogen and oxygen atoms in total. The molecule has 0 bridgehead atoms. The molecule has 2 aromatic carbocycles. The number of benzene rings is 2. The van der Waals surface area contributed by atoms with Crippen molar-refractivity contribution in [2.75, 3.05) is 5.73 Å². The van der Waals surface area contributed by atoms with Gasteiger partial charge in [-0.1, -0.05) is 23.8 Å². The molecule has 0 aliphatic carbocycles. The second-order valence-corrected chi connectivity index (χ2v) is 6.75. The smallest absolute Gasteiger partial charge is 0.272 e. The molecule has 0 heterocycles. The number of hydrogen-bond donors (Lipinski definition) is 2. The second kappa shape index (κ2) is 6.74. The molecule has 0 aliphatic rings. The Labute approximate surface area is 142 Å². The lowest BCUT2D eigenvalue weighted by molar-refractivity contribution is 0.0358. The first kappa shape index (κ1) is 17.5. The lowest BCUT2D eigenvalue weighted by Gasteiger charge is -2.35. The van der Waals surface area contributed by atoms with Crippen LogP contribution in [0.25, 0.3) is 0 Å². The standard InChI is InChI=1S/C19H23N3O2/c1-13-7-5-9-15(11-13)18(24)22(19(2,3)4)21-17(23)14-8-6-10-16(20)12-14/h5-12H,20H2,1-4H3,(H,21,23). The summed E-state index contributed by atoms with van der Waals surface area (Å²) in [5.41, 5.74) is 10.2. The van der Waals surface area contributed by atoms with Gasteiger partial charge in [-0.15, -0.1) is 0 Å². The maximum absolute atomic E-state index is 12.9. The molecule has 0 saturated heterocycles. The number of hydrogen-bond acceptors (Lipinski definition) is 3. The van der Waals surface area contributed by atoms with Crippen LogP contribution >= 0.6 is 0 Å². The van der Waals surface area contributed by atoms with Gasteiger partial charge in [0, 0.05) is 16.8 Å². The Morgan fingerprint density at radius 2 is 1.62 bits per heavy atom. The summed E-state index contributed by atoms with van der Waals surface area (Å²) >= 11 is 0. The number of carbonyl (C=O) groups excluding carboxylic acids is 2. The van der Waals surface area contributed by atoms with Gasteiger partial charge in [0.25, 0.3) is 11.8 Å². The average molecular weight is 325 g/mol. The molecular weight excluding hydrogens is 302 g/mol. The van der Waals surface area contributed by atoms with Crippen LogP contribution in [-0.4, -0.2) is 22.4 Å². The lowest BCUT2D eigenvalue weighted by Crippen LogP contribution is -2.55. The van der Waals surface area contributed by atoms with E-state index < -0.39 is 5.54 Å². The van der Waals surface area contributed by atoms with Crippen molar-refractivity contribution < 1.29 is 9.59 Å². The molecule has 3 N–H and O–H groups in total. The van der Waals surface area contributed by atoms with Gasteiger partial charge in [-0.25, -0.2) is 5.01 Å². The molecule has 2 rings (SSSR count). The van der Waals surface area contributed by atoms with Gasteiger partial charge in [-0.2, -0.15) is 0 Å². The van der Waals surface area contributed by atoms with E-state index in [0.29, 0.717) is 16.8 Å². The van der Waals surface area contributed by atoms with Crippen LogP contribution in [0.4, 0.5) is 5.69 Å². The van der Waals surface area contributed by atoms with E-state index in [1.807, 2.05) is 39.8 Å². The number of amides is 2. The van der Waals surface area contributed by atoms with Crippen molar-refractivity contribution in [3.8, 4) is 0 Å². The number of anilines is 1. The monoisotopic (exact) mass is 325 g/mol. The first-order chi connectivity index (χ1) is 11.2. The fourth-order valence-corrected chi connectivity index (χ4v) is 2.28. The van der Waals surface area contributed by atoms with Crippen LogP contribution in [0.15, 0.2) is 48.5 Å². The molecule has 126 valence electrons. The Kier molecular flexibility index (Phi) is 4.93. The number of rotatable bonds is 2. The molecule has 24 heavy (non-hydrogen) atoms. The topological polar surface area (TPSA) is 75.4 Å². The lowest BCUT2D eigenvalue weighted by atomic mass is 10.1. The summed E-state index contributed by atoms with van der Waals surface area (Å²) in [7, 11) is 0. The van der Waals surface area contributed by atoms with E-state index in [9.17, 15) is 9.59 Å². The minimum absolute atomic E-state index is 0.261. The van der Waals surface area contributed by atoms with Gasteiger partial charge in [-0.05, 0) is 58.0 Å². The van der Waals surface area contributed by atoms with Crippen molar-refractivity contribution in [3.63, 3.8) is 0 Å². The summed E-state index contributed by atoms with van der Waals surface area (Å²) in [6, 6.07) is 13.9. The normalized spacial score (nSPS) is 11.0. The summed E-state index contributed by atoms with van der Waals surface area (Å²) in [5.74, 6) is -0.637. The molecule has 2 amide bonds. The highest BCUT2D eigenvalue weighted by Crippen LogP contribution is 2.17. The van der Waals surface area contributed by atoms with E-state index in [0.717, 1.165) is 5.56 Å². The number of carbonyl (C=O) groups is 2. The van der Waals surface area contributed by atoms with Crippen molar-refractivity contribution in [2.45, 2.75) is 33.2 Å². The molecule has 0 atom stereocenters. The van der Waals surface area contributed by atoms with E-state index >= 15 is 0 Å². The highest BCUT2D eigenvalue weighted by atomic mass is 16.2. The molecule has 0 unspecified atom stereocenters. The van der Waals surface area contributed by atoms with Crippen molar-refractivity contribution >= 4 is 17.5 Å². The fraction of sp³-hybridized carbons (Fsp3) is 0.263. The van der Waals surface area contributed by atoms with Crippen LogP contribution in [0, 0.1) is 6.92 Å². The third-order valence-corrected chi connectivity index (χ3v) is 3.50. The molecule has 0 fully saturated rings. The Morgan fingerprint density at radius 1 is 1.00 bits per heavy atom. The zero-order valence-corrected chi connectivity index (χ0v) is 14.5. The highest BCUT2D eigenvalue weighted by molar-refractivity contribution is 5.99. The third-order valence-electron chi connectivity index (χ3n) is 3.50. The molecule has 0 aliphatic heterocycles. The summed E-state index contributed by atoms with van der Waals surface area (Å²) in [6.07, 6.45) is 0. The van der Waals surface area contributed by atoms with Gasteiger partial charge in [0.05, 0.1) is 5.54 Å². The van der Waals surface area contributed by atoms with Gasteiger partial charge < -0.3 is 5.73 Å². The average Bonchev–Trinajstić information content (AvgIpc) is 2.50. The predicted molar refractivity (Wildman–Crippen MR) is 95.4 cm³/mol. The van der Waals surface area contributed by atoms with Gasteiger partial charge in [0.1, 0.15) is 0 Å². The zero-order valence-electron chi connectivity index (χ0n) is 14.5. The zero-order chi connectivity index (χ0) is 17.9. The SMILES string of the molecule is Cc1cccc(C(=O)N(NC(=O)c2cccc(N)c2)C(C)(C)C)c1. The minimum Gasteiger partial charge on any atom is -0.399 e. The van der Waals surface area contributed by atoms with Crippen LogP contribution < -0.4 is 11.2 Å². The first-order valence-corrected chi connectivity index (χ1v) is 7.76. The van der Waals surface area contributed by atoms with Crippen LogP contribution in [0.3, 0.4) is 0 Å². The van der Waals surface area contributed by atoms with Gasteiger partial charge in [0.15, 0.2) is 0 Å². The van der Waals surface area contributed by atoms with Crippen LogP contribution in [0.2, 0.25) is 0 Å². The van der Waals surface area contributed by atoms with E-state index in [4.69, 9.17) is 5.73 Å². The molecule has 0 spiro atoms. The molecular formula is C19H23N3O2. The van der Waals surface area contributed by atoms with Crippen molar-refractivity contribution in [1.29, 1.82) is 0 Å². The molecule has 0 aromatic heterocycles. The van der Waals surface area contributed by atoms with Gasteiger partial charge in [-0.3, -0.25) is 15.0 Å². The Balaban J connectivity index is 2.29. The van der Waals surface area contributed by atoms with E-state index in [-0.39, 0.29) is 11.8 Å². The van der Waals surface area contributed by atoms with Gasteiger partial charge >= 0.3 is 0 Å². The van der Waals surface area contributed by atoms with Gasteiger partial charge in [0.2, 0.25) is 0 Å². The minimum atomic E-state index is -0.586. The molecule has 2 aromatic rings. The third kappa shape index (κ3) is 4.13. The van der Waals surface area contributed by atoms with Crippen molar-refractivity contribution in [2.24, 2.45) is 0 Å².